The van der Waals surface area contributed by atoms with E-state index in [9.17, 15) is 0 Å². The van der Waals surface area contributed by atoms with E-state index in [1.165, 1.54) is 6.33 Å². The number of nitrogens with one attached hydrogen (secondary N) is 1. The Morgan fingerprint density at radius 1 is 1.78 bits per heavy atom. The minimum Gasteiger partial charge on any atom is -0.355 e. The minimum atomic E-state index is 0.817. The quantitative estimate of drug-likeness (QED) is 0.617. The molecule has 0 radical (unpaired) electrons. The molecule has 0 saturated heterocycles. The highest BCUT2D eigenvalue weighted by molar-refractivity contribution is 5.21. The van der Waals surface area contributed by atoms with Crippen molar-refractivity contribution in [1.29, 1.82) is 0 Å². The first-order valence-electron chi connectivity index (χ1n) is 2.92. The van der Waals surface area contributed by atoms with Crippen molar-refractivity contribution in [3.8, 4) is 0 Å². The summed E-state index contributed by atoms with van der Waals surface area (Å²) < 4.78 is 1.70. The Kier molecular flexibility index (Phi) is 1.67. The van der Waals surface area contributed by atoms with Crippen LogP contribution in [-0.2, 0) is 7.05 Å². The Balaban J connectivity index is 2.69. The van der Waals surface area contributed by atoms with Gasteiger partial charge in [-0.1, -0.05) is 0 Å². The zero-order valence-electron chi connectivity index (χ0n) is 5.63. The van der Waals surface area contributed by atoms with Crippen molar-refractivity contribution in [1.82, 2.24) is 14.8 Å². The third-order valence-electron chi connectivity index (χ3n) is 1.05. The first kappa shape index (κ1) is 6.07. The lowest BCUT2D eigenvalue weighted by Crippen LogP contribution is -2.03. The summed E-state index contributed by atoms with van der Waals surface area (Å²) in [6.07, 6.45) is 1.53. The van der Waals surface area contributed by atoms with Crippen molar-refractivity contribution >= 4 is 5.95 Å². The van der Waals surface area contributed by atoms with Crippen LogP contribution < -0.4 is 5.32 Å². The predicted octanol–water partition coefficient (Wildman–Crippen LogP) is 0.247. The summed E-state index contributed by atoms with van der Waals surface area (Å²) in [4.78, 5) is 3.95. The van der Waals surface area contributed by atoms with Gasteiger partial charge in [-0.15, -0.1) is 0 Å². The number of aryl methyl sites for hydroxylation is 1. The molecule has 4 heteroatoms. The maximum Gasteiger partial charge on any atom is 0.220 e. The number of anilines is 1. The van der Waals surface area contributed by atoms with Crippen LogP contribution in [0.2, 0.25) is 0 Å². The highest BCUT2D eigenvalue weighted by Crippen LogP contribution is 1.94. The van der Waals surface area contributed by atoms with E-state index in [2.05, 4.69) is 15.4 Å². The van der Waals surface area contributed by atoms with Crippen LogP contribution in [0.4, 0.5) is 5.95 Å². The SMILES string of the molecule is CCNc1ncnn1C. The number of hydrogen-bond donors (Lipinski definition) is 1. The van der Waals surface area contributed by atoms with Crippen molar-refractivity contribution in [3.63, 3.8) is 0 Å². The second kappa shape index (κ2) is 2.48. The molecule has 0 atom stereocenters. The van der Waals surface area contributed by atoms with Gasteiger partial charge in [-0.25, -0.2) is 4.68 Å². The van der Waals surface area contributed by atoms with Crippen LogP contribution in [0, 0.1) is 0 Å². The van der Waals surface area contributed by atoms with E-state index in [0.717, 1.165) is 12.5 Å². The number of rotatable bonds is 2. The number of aromatic nitrogens is 3. The lowest BCUT2D eigenvalue weighted by atomic mass is 10.7. The van der Waals surface area contributed by atoms with Gasteiger partial charge < -0.3 is 5.32 Å². The van der Waals surface area contributed by atoms with Crippen LogP contribution in [-0.4, -0.2) is 21.3 Å². The van der Waals surface area contributed by atoms with Crippen LogP contribution in [0.3, 0.4) is 0 Å². The monoisotopic (exact) mass is 126 g/mol. The maximum absolute atomic E-state index is 3.95. The molecule has 9 heavy (non-hydrogen) atoms. The largest absolute Gasteiger partial charge is 0.355 e. The molecule has 0 saturated carbocycles. The van der Waals surface area contributed by atoms with Gasteiger partial charge in [0.2, 0.25) is 5.95 Å². The fraction of sp³-hybridized carbons (Fsp3) is 0.600. The molecule has 0 spiro atoms. The van der Waals surface area contributed by atoms with Crippen molar-refractivity contribution in [2.75, 3.05) is 11.9 Å². The van der Waals surface area contributed by atoms with E-state index >= 15 is 0 Å². The summed E-state index contributed by atoms with van der Waals surface area (Å²) in [5.41, 5.74) is 0. The zero-order valence-corrected chi connectivity index (χ0v) is 5.63. The van der Waals surface area contributed by atoms with Gasteiger partial charge in [0.1, 0.15) is 6.33 Å². The van der Waals surface area contributed by atoms with Crippen molar-refractivity contribution in [3.05, 3.63) is 6.33 Å². The third kappa shape index (κ3) is 1.19. The van der Waals surface area contributed by atoms with Crippen LogP contribution in [0.5, 0.6) is 0 Å². The second-order valence-electron chi connectivity index (χ2n) is 1.74. The lowest BCUT2D eigenvalue weighted by Gasteiger charge is -1.98. The molecular formula is C5H10N4. The fourth-order valence-electron chi connectivity index (χ4n) is 0.614. The van der Waals surface area contributed by atoms with E-state index in [4.69, 9.17) is 0 Å². The topological polar surface area (TPSA) is 42.7 Å². The molecule has 1 rings (SSSR count). The lowest BCUT2D eigenvalue weighted by molar-refractivity contribution is 0.769. The van der Waals surface area contributed by atoms with Gasteiger partial charge in [-0.3, -0.25) is 0 Å². The van der Waals surface area contributed by atoms with Crippen molar-refractivity contribution in [2.24, 2.45) is 7.05 Å². The Hall–Kier alpha value is -1.06. The molecule has 0 aliphatic carbocycles. The summed E-state index contributed by atoms with van der Waals surface area (Å²) in [6, 6.07) is 0. The molecule has 0 aliphatic rings. The summed E-state index contributed by atoms with van der Waals surface area (Å²) in [5, 5.41) is 6.92. The van der Waals surface area contributed by atoms with E-state index in [1.54, 1.807) is 4.68 Å². The first-order chi connectivity index (χ1) is 4.34. The predicted molar refractivity (Wildman–Crippen MR) is 35.2 cm³/mol. The van der Waals surface area contributed by atoms with Crippen LogP contribution in [0.1, 0.15) is 6.92 Å². The second-order valence-corrected chi connectivity index (χ2v) is 1.74. The van der Waals surface area contributed by atoms with E-state index in [1.807, 2.05) is 14.0 Å². The molecule has 0 amide bonds. The molecule has 4 nitrogen and oxygen atoms in total. The van der Waals surface area contributed by atoms with E-state index in [-0.39, 0.29) is 0 Å². The molecule has 0 bridgehead atoms. The fourth-order valence-corrected chi connectivity index (χ4v) is 0.614. The Labute approximate surface area is 53.9 Å². The van der Waals surface area contributed by atoms with Crippen molar-refractivity contribution < 1.29 is 0 Å². The highest BCUT2D eigenvalue weighted by Gasteiger charge is 1.93. The van der Waals surface area contributed by atoms with Gasteiger partial charge >= 0.3 is 0 Å². The number of nitrogens with zero attached hydrogens (tertiary/aromatic N) is 3. The molecular weight excluding hydrogens is 116 g/mol. The Bertz CT molecular complexity index is 181. The molecule has 0 fully saturated rings. The van der Waals surface area contributed by atoms with Gasteiger partial charge in [0, 0.05) is 13.6 Å². The minimum absolute atomic E-state index is 0.817. The highest BCUT2D eigenvalue weighted by atomic mass is 15.4. The Morgan fingerprint density at radius 2 is 2.56 bits per heavy atom. The normalized spacial score (nSPS) is 9.56. The van der Waals surface area contributed by atoms with Gasteiger partial charge in [-0.2, -0.15) is 10.1 Å². The summed E-state index contributed by atoms with van der Waals surface area (Å²) >= 11 is 0. The van der Waals surface area contributed by atoms with Gasteiger partial charge in [0.05, 0.1) is 0 Å². The smallest absolute Gasteiger partial charge is 0.220 e. The maximum atomic E-state index is 3.95. The van der Waals surface area contributed by atoms with Gasteiger partial charge in [0.25, 0.3) is 0 Å². The third-order valence-corrected chi connectivity index (χ3v) is 1.05. The van der Waals surface area contributed by atoms with Gasteiger partial charge in [0.15, 0.2) is 0 Å². The average molecular weight is 126 g/mol. The van der Waals surface area contributed by atoms with E-state index in [0.29, 0.717) is 0 Å². The van der Waals surface area contributed by atoms with Crippen molar-refractivity contribution in [2.45, 2.75) is 6.92 Å². The molecule has 0 aliphatic heterocycles. The number of hydrogen-bond acceptors (Lipinski definition) is 3. The summed E-state index contributed by atoms with van der Waals surface area (Å²) in [5.74, 6) is 0.817. The first-order valence-corrected chi connectivity index (χ1v) is 2.92. The molecule has 1 N–H and O–H groups in total. The summed E-state index contributed by atoms with van der Waals surface area (Å²) in [7, 11) is 1.85. The average Bonchev–Trinajstić information content (AvgIpc) is 2.18. The van der Waals surface area contributed by atoms with Crippen LogP contribution in [0.15, 0.2) is 6.33 Å². The molecule has 0 aromatic carbocycles. The standard InChI is InChI=1S/C5H10N4/c1-3-6-5-7-4-8-9(5)2/h4H,3H2,1-2H3,(H,6,7,8). The molecule has 0 unspecified atom stereocenters. The van der Waals surface area contributed by atoms with Crippen LogP contribution in [0.25, 0.3) is 0 Å². The molecule has 50 valence electrons. The molecule has 1 aromatic rings. The van der Waals surface area contributed by atoms with Crippen LogP contribution >= 0.6 is 0 Å². The van der Waals surface area contributed by atoms with Gasteiger partial charge in [-0.05, 0) is 6.92 Å². The Morgan fingerprint density at radius 3 is 3.00 bits per heavy atom. The van der Waals surface area contributed by atoms with E-state index < -0.39 is 0 Å². The molecule has 1 heterocycles. The summed E-state index contributed by atoms with van der Waals surface area (Å²) in [6.45, 7) is 2.90. The molecule has 1 aromatic heterocycles. The zero-order chi connectivity index (χ0) is 6.69.